The summed E-state index contributed by atoms with van der Waals surface area (Å²) in [7, 11) is -3.65. The molecule has 0 bridgehead atoms. The zero-order chi connectivity index (χ0) is 22.0. The summed E-state index contributed by atoms with van der Waals surface area (Å²) in [6, 6.07) is 6.35. The van der Waals surface area contributed by atoms with Crippen LogP contribution in [0, 0.1) is 10.8 Å². The molecular weight excluding hydrogens is 436 g/mol. The largest absolute Gasteiger partial charge is 0.342 e. The van der Waals surface area contributed by atoms with Crippen LogP contribution in [-0.4, -0.2) is 38.1 Å². The number of sulfonamides is 1. The van der Waals surface area contributed by atoms with Gasteiger partial charge in [-0.3, -0.25) is 4.79 Å². The second kappa shape index (κ2) is 6.98. The van der Waals surface area contributed by atoms with E-state index in [4.69, 9.17) is 11.6 Å². The van der Waals surface area contributed by atoms with Gasteiger partial charge in [-0.25, -0.2) is 8.42 Å². The summed E-state index contributed by atoms with van der Waals surface area (Å²) in [5, 5.41) is 12.3. The van der Waals surface area contributed by atoms with E-state index in [2.05, 4.69) is 29.4 Å². The van der Waals surface area contributed by atoms with Gasteiger partial charge in [-0.2, -0.15) is 9.42 Å². The van der Waals surface area contributed by atoms with Gasteiger partial charge in [0, 0.05) is 46.8 Å². The van der Waals surface area contributed by atoms with Gasteiger partial charge < -0.3 is 5.32 Å². The number of rotatable bonds is 2. The zero-order valence-electron chi connectivity index (χ0n) is 17.6. The standard InChI is InChI=1S/C22H25ClN4O3S/c1-21(2)11-17-19(18(28)12-21)22(16-13-24-26-20(16)25-17)6-8-27(9-7-22)31(29,30)15-5-3-4-14(23)10-15/h3-5,10,25H,6-9,11-13H2,1-2H3. The minimum absolute atomic E-state index is 0.117. The average molecular weight is 461 g/mol. The highest BCUT2D eigenvalue weighted by molar-refractivity contribution is 7.89. The fraction of sp³-hybridized carbons (Fsp3) is 0.500. The molecule has 4 aliphatic rings. The number of ketones is 1. The molecule has 0 saturated carbocycles. The summed E-state index contributed by atoms with van der Waals surface area (Å²) < 4.78 is 27.9. The molecule has 0 amide bonds. The highest BCUT2D eigenvalue weighted by Gasteiger charge is 2.53. The minimum atomic E-state index is -3.65. The van der Waals surface area contributed by atoms with E-state index in [0.717, 1.165) is 29.1 Å². The van der Waals surface area contributed by atoms with Crippen molar-refractivity contribution < 1.29 is 13.2 Å². The van der Waals surface area contributed by atoms with Gasteiger partial charge in [0.2, 0.25) is 10.0 Å². The number of benzene rings is 1. The zero-order valence-corrected chi connectivity index (χ0v) is 19.2. The molecule has 3 aliphatic heterocycles. The van der Waals surface area contributed by atoms with E-state index in [0.29, 0.717) is 43.9 Å². The SMILES string of the molecule is CC1(C)CC(=O)C2=C(C1)NC1=C(CN=N1)C21CCN(S(=O)(=O)c2cccc(Cl)c2)CC1. The normalized spacial score (nSPS) is 24.9. The van der Waals surface area contributed by atoms with Crippen molar-refractivity contribution in [1.82, 2.24) is 9.62 Å². The lowest BCUT2D eigenvalue weighted by atomic mass is 9.60. The Kier molecular flexibility index (Phi) is 4.70. The molecule has 5 rings (SSSR count). The minimum Gasteiger partial charge on any atom is -0.342 e. The van der Waals surface area contributed by atoms with E-state index in [1.54, 1.807) is 18.2 Å². The Morgan fingerprint density at radius 3 is 2.61 bits per heavy atom. The quantitative estimate of drug-likeness (QED) is 0.721. The molecule has 9 heteroatoms. The van der Waals surface area contributed by atoms with Crippen molar-refractivity contribution >= 4 is 27.4 Å². The number of nitrogens with one attached hydrogen (secondary N) is 1. The third-order valence-corrected chi connectivity index (χ3v) is 9.03. The van der Waals surface area contributed by atoms with Gasteiger partial charge in [0.1, 0.15) is 0 Å². The van der Waals surface area contributed by atoms with Crippen molar-refractivity contribution in [3.63, 3.8) is 0 Å². The van der Waals surface area contributed by atoms with Crippen LogP contribution < -0.4 is 5.32 Å². The number of hydrogen-bond donors (Lipinski definition) is 1. The number of halogens is 1. The van der Waals surface area contributed by atoms with Crippen LogP contribution in [0.4, 0.5) is 0 Å². The molecule has 1 N–H and O–H groups in total. The Morgan fingerprint density at radius 2 is 1.90 bits per heavy atom. The number of fused-ring (bicyclic) bond motifs is 2. The maximum atomic E-state index is 13.3. The number of carbonyl (C=O) groups is 1. The summed E-state index contributed by atoms with van der Waals surface area (Å²) >= 11 is 6.02. The van der Waals surface area contributed by atoms with E-state index in [1.165, 1.54) is 10.4 Å². The van der Waals surface area contributed by atoms with E-state index in [9.17, 15) is 13.2 Å². The Bertz CT molecular complexity index is 1170. The van der Waals surface area contributed by atoms with Crippen molar-refractivity contribution in [3.05, 3.63) is 52.0 Å². The monoisotopic (exact) mass is 460 g/mol. The first-order valence-electron chi connectivity index (χ1n) is 10.5. The van der Waals surface area contributed by atoms with Crippen molar-refractivity contribution in [3.8, 4) is 0 Å². The molecule has 0 radical (unpaired) electrons. The smallest absolute Gasteiger partial charge is 0.243 e. The molecule has 31 heavy (non-hydrogen) atoms. The first-order valence-corrected chi connectivity index (χ1v) is 12.3. The lowest BCUT2D eigenvalue weighted by Crippen LogP contribution is -2.50. The van der Waals surface area contributed by atoms with E-state index in [1.807, 2.05) is 0 Å². The highest BCUT2D eigenvalue weighted by Crippen LogP contribution is 2.55. The molecule has 1 aromatic rings. The number of azo groups is 1. The molecule has 0 unspecified atom stereocenters. The predicted molar refractivity (Wildman–Crippen MR) is 117 cm³/mol. The van der Waals surface area contributed by atoms with Crippen LogP contribution in [0.1, 0.15) is 39.5 Å². The molecule has 164 valence electrons. The predicted octanol–water partition coefficient (Wildman–Crippen LogP) is 4.03. The Balaban J connectivity index is 1.50. The lowest BCUT2D eigenvalue weighted by Gasteiger charge is -2.48. The van der Waals surface area contributed by atoms with Crippen LogP contribution in [0.5, 0.6) is 0 Å². The number of nitrogens with zero attached hydrogens (tertiary/aromatic N) is 3. The third-order valence-electron chi connectivity index (χ3n) is 6.90. The first kappa shape index (κ1) is 20.8. The van der Waals surface area contributed by atoms with Crippen LogP contribution in [-0.2, 0) is 14.8 Å². The van der Waals surface area contributed by atoms with Crippen LogP contribution in [0.2, 0.25) is 5.02 Å². The second-order valence-corrected chi connectivity index (χ2v) is 12.0. The molecule has 1 saturated heterocycles. The maximum absolute atomic E-state index is 13.3. The van der Waals surface area contributed by atoms with Crippen LogP contribution >= 0.6 is 11.6 Å². The van der Waals surface area contributed by atoms with E-state index < -0.39 is 15.4 Å². The molecule has 1 aromatic carbocycles. The van der Waals surface area contributed by atoms with E-state index in [-0.39, 0.29) is 16.1 Å². The molecular formula is C22H25ClN4O3S. The van der Waals surface area contributed by atoms with Crippen LogP contribution in [0.15, 0.2) is 62.1 Å². The number of piperidine rings is 1. The maximum Gasteiger partial charge on any atom is 0.243 e. The van der Waals surface area contributed by atoms with Gasteiger partial charge >= 0.3 is 0 Å². The Labute approximate surface area is 187 Å². The number of Topliss-reactive ketones (excluding diaryl/α,β-unsaturated/α-hetero) is 1. The summed E-state index contributed by atoms with van der Waals surface area (Å²) in [5.74, 6) is 0.902. The lowest BCUT2D eigenvalue weighted by molar-refractivity contribution is -0.119. The average Bonchev–Trinajstić information content (AvgIpc) is 3.16. The van der Waals surface area contributed by atoms with Gasteiger partial charge in [-0.15, -0.1) is 5.11 Å². The summed E-state index contributed by atoms with van der Waals surface area (Å²) in [6.07, 6.45) is 2.36. The number of dihydropyridines is 1. The summed E-state index contributed by atoms with van der Waals surface area (Å²) in [6.45, 7) is 5.32. The summed E-state index contributed by atoms with van der Waals surface area (Å²) in [5.41, 5.74) is 2.19. The van der Waals surface area contributed by atoms with Gasteiger partial charge in [-0.1, -0.05) is 31.5 Å². The topological polar surface area (TPSA) is 91.2 Å². The van der Waals surface area contributed by atoms with E-state index >= 15 is 0 Å². The van der Waals surface area contributed by atoms with Gasteiger partial charge in [0.25, 0.3) is 0 Å². The molecule has 1 spiro atoms. The van der Waals surface area contributed by atoms with Gasteiger partial charge in [0.15, 0.2) is 11.6 Å². The fourth-order valence-electron chi connectivity index (χ4n) is 5.50. The highest BCUT2D eigenvalue weighted by atomic mass is 35.5. The third kappa shape index (κ3) is 3.27. The van der Waals surface area contributed by atoms with Crippen molar-refractivity contribution in [2.75, 3.05) is 19.6 Å². The number of carbonyl (C=O) groups excluding carboxylic acids is 1. The molecule has 1 aliphatic carbocycles. The second-order valence-electron chi connectivity index (χ2n) is 9.59. The van der Waals surface area contributed by atoms with Crippen molar-refractivity contribution in [2.24, 2.45) is 21.1 Å². The number of hydrogen-bond acceptors (Lipinski definition) is 6. The fourth-order valence-corrected chi connectivity index (χ4v) is 7.25. The molecule has 7 nitrogen and oxygen atoms in total. The van der Waals surface area contributed by atoms with Crippen LogP contribution in [0.25, 0.3) is 0 Å². The van der Waals surface area contributed by atoms with Crippen molar-refractivity contribution in [2.45, 2.75) is 44.4 Å². The number of allylic oxidation sites excluding steroid dienone is 2. The Hall–Kier alpha value is -2.03. The molecule has 0 atom stereocenters. The molecule has 3 heterocycles. The molecule has 0 aromatic heterocycles. The van der Waals surface area contributed by atoms with Gasteiger partial charge in [-0.05, 0) is 42.9 Å². The summed E-state index contributed by atoms with van der Waals surface area (Å²) in [4.78, 5) is 13.5. The first-order chi connectivity index (χ1) is 14.6. The Morgan fingerprint density at radius 1 is 1.16 bits per heavy atom. The molecule has 1 fully saturated rings. The van der Waals surface area contributed by atoms with Gasteiger partial charge in [0.05, 0.1) is 11.4 Å². The van der Waals surface area contributed by atoms with Crippen LogP contribution in [0.3, 0.4) is 0 Å². The van der Waals surface area contributed by atoms with Crippen molar-refractivity contribution in [1.29, 1.82) is 0 Å².